The second kappa shape index (κ2) is 20.8. The van der Waals surface area contributed by atoms with E-state index in [0.717, 1.165) is 0 Å². The number of carbonyl (C=O) groups excluding carboxylic acids is 6. The maximum atomic E-state index is 11.3. The summed E-state index contributed by atoms with van der Waals surface area (Å²) in [5, 5.41) is 32.9. The Morgan fingerprint density at radius 3 is 0.714 bits per heavy atom. The van der Waals surface area contributed by atoms with Crippen LogP contribution in [-0.2, 0) is 19.2 Å². The number of benzene rings is 2. The fourth-order valence-electron chi connectivity index (χ4n) is 2.83. The van der Waals surface area contributed by atoms with Crippen LogP contribution in [0.4, 0.5) is 22.7 Å². The molecule has 0 aliphatic rings. The van der Waals surface area contributed by atoms with Gasteiger partial charge < -0.3 is 41.1 Å². The number of rotatable bonds is 6. The molecule has 2 rings (SSSR count). The van der Waals surface area contributed by atoms with Crippen molar-refractivity contribution in [2.75, 3.05) is 21.3 Å². The first kappa shape index (κ1) is 45.8. The van der Waals surface area contributed by atoms with E-state index in [9.17, 15) is 39.0 Å². The van der Waals surface area contributed by atoms with Crippen LogP contribution in [0.1, 0.15) is 48.4 Å². The Kier molecular flexibility index (Phi) is 22.6. The number of hydrogen-bond acceptors (Lipinski definition) is 8. The molecular formula is C22H16I6N4Na2O8. The van der Waals surface area contributed by atoms with Gasteiger partial charge in [-0.3, -0.25) is 19.2 Å². The molecule has 20 heteroatoms. The van der Waals surface area contributed by atoms with Crippen molar-refractivity contribution in [1.82, 2.24) is 0 Å². The molecule has 216 valence electrons. The number of carboxylic acids is 2. The summed E-state index contributed by atoms with van der Waals surface area (Å²) in [6, 6.07) is 0. The number of carbonyl (C=O) groups is 6. The zero-order chi connectivity index (χ0) is 31.2. The summed E-state index contributed by atoms with van der Waals surface area (Å²) in [5.74, 6) is -4.07. The van der Waals surface area contributed by atoms with Crippen LogP contribution in [0.3, 0.4) is 0 Å². The molecule has 0 spiro atoms. The van der Waals surface area contributed by atoms with E-state index in [1.54, 1.807) is 0 Å². The Labute approximate surface area is 366 Å². The molecule has 2 aromatic carbocycles. The molecule has 2 aromatic rings. The molecule has 4 N–H and O–H groups in total. The van der Waals surface area contributed by atoms with Crippen LogP contribution in [0.5, 0.6) is 0 Å². The maximum Gasteiger partial charge on any atom is 1.00 e. The Morgan fingerprint density at radius 1 is 0.429 bits per heavy atom. The van der Waals surface area contributed by atoms with Crippen LogP contribution >= 0.6 is 136 Å². The van der Waals surface area contributed by atoms with Crippen LogP contribution in [0.25, 0.3) is 0 Å². The first-order valence-electron chi connectivity index (χ1n) is 10.3. The van der Waals surface area contributed by atoms with Gasteiger partial charge in [-0.25, -0.2) is 0 Å². The van der Waals surface area contributed by atoms with Gasteiger partial charge in [0.05, 0.1) is 41.8 Å². The van der Waals surface area contributed by atoms with Gasteiger partial charge in [0.25, 0.3) is 0 Å². The number of halogens is 6. The SMILES string of the molecule is CC(=O)Nc1c(I)c(NC(C)=O)c(I)c(C(=O)[O-])c1I.CC(=O)Nc1c(I)c(NC(C)=O)c(I)c(C(=O)[O-])c1I.[Na+].[Na+]. The molecule has 0 saturated carbocycles. The Hall–Kier alpha value is 1.64. The normalized spacial score (nSPS) is 9.57. The maximum absolute atomic E-state index is 11.3. The minimum Gasteiger partial charge on any atom is -0.545 e. The third-order valence-corrected chi connectivity index (χ3v) is 10.7. The average Bonchev–Trinajstić information content (AvgIpc) is 2.79. The van der Waals surface area contributed by atoms with Crippen LogP contribution < -0.4 is 90.6 Å². The topological polar surface area (TPSA) is 197 Å². The van der Waals surface area contributed by atoms with E-state index in [4.69, 9.17) is 0 Å². The van der Waals surface area contributed by atoms with Gasteiger partial charge in [-0.15, -0.1) is 0 Å². The molecule has 0 saturated heterocycles. The molecule has 0 bridgehead atoms. The van der Waals surface area contributed by atoms with E-state index in [1.807, 2.05) is 136 Å². The second-order valence-electron chi connectivity index (χ2n) is 7.43. The molecule has 0 atom stereocenters. The summed E-state index contributed by atoms with van der Waals surface area (Å²) in [6.45, 7) is 5.28. The monoisotopic (exact) mass is 1270 g/mol. The fourth-order valence-corrected chi connectivity index (χ4v) is 11.1. The van der Waals surface area contributed by atoms with Crippen molar-refractivity contribution in [3.8, 4) is 0 Å². The molecule has 0 heterocycles. The van der Waals surface area contributed by atoms with Gasteiger partial charge in [-0.05, 0) is 136 Å². The van der Waals surface area contributed by atoms with E-state index in [2.05, 4.69) is 21.3 Å². The first-order valence-corrected chi connectivity index (χ1v) is 16.7. The van der Waals surface area contributed by atoms with Crippen molar-refractivity contribution in [1.29, 1.82) is 0 Å². The Bertz CT molecular complexity index is 1270. The van der Waals surface area contributed by atoms with Gasteiger partial charge in [0.1, 0.15) is 0 Å². The van der Waals surface area contributed by atoms with E-state index in [0.29, 0.717) is 44.2 Å². The molecule has 0 unspecified atom stereocenters. The molecule has 0 aliphatic carbocycles. The summed E-state index contributed by atoms with van der Waals surface area (Å²) < 4.78 is 2.57. The predicted molar refractivity (Wildman–Crippen MR) is 195 cm³/mol. The number of carboxylic acid groups (broad SMARTS) is 2. The van der Waals surface area contributed by atoms with Crippen LogP contribution in [-0.4, -0.2) is 35.6 Å². The molecule has 0 radical (unpaired) electrons. The van der Waals surface area contributed by atoms with Crippen LogP contribution in [0.2, 0.25) is 0 Å². The van der Waals surface area contributed by atoms with Gasteiger partial charge in [0.2, 0.25) is 23.6 Å². The van der Waals surface area contributed by atoms with E-state index in [1.165, 1.54) is 27.7 Å². The minimum absolute atomic E-state index is 0. The van der Waals surface area contributed by atoms with E-state index >= 15 is 0 Å². The molecule has 0 aromatic heterocycles. The van der Waals surface area contributed by atoms with E-state index < -0.39 is 11.9 Å². The summed E-state index contributed by atoms with van der Waals surface area (Å²) in [6.07, 6.45) is 0. The summed E-state index contributed by atoms with van der Waals surface area (Å²) in [7, 11) is 0. The van der Waals surface area contributed by atoms with Crippen molar-refractivity contribution in [2.24, 2.45) is 0 Å². The molecule has 42 heavy (non-hydrogen) atoms. The number of aromatic carboxylic acids is 2. The van der Waals surface area contributed by atoms with Crippen LogP contribution in [0.15, 0.2) is 0 Å². The summed E-state index contributed by atoms with van der Waals surface area (Å²) in [4.78, 5) is 67.6. The smallest absolute Gasteiger partial charge is 0.545 e. The second-order valence-corrected chi connectivity index (χ2v) is 13.9. The first-order chi connectivity index (χ1) is 18.3. The zero-order valence-corrected chi connectivity index (χ0v) is 39.5. The third-order valence-electron chi connectivity index (χ3n) is 4.25. The molecule has 0 aliphatic heterocycles. The molecular weight excluding hydrogens is 1260 g/mol. The van der Waals surface area contributed by atoms with Gasteiger partial charge in [0.15, 0.2) is 0 Å². The van der Waals surface area contributed by atoms with Gasteiger partial charge in [-0.1, -0.05) is 0 Å². The zero-order valence-electron chi connectivity index (χ0n) is 22.5. The largest absolute Gasteiger partial charge is 1.00 e. The molecule has 0 fully saturated rings. The van der Waals surface area contributed by atoms with Crippen molar-refractivity contribution < 1.29 is 98.1 Å². The Balaban J connectivity index is 0. The van der Waals surface area contributed by atoms with Crippen molar-refractivity contribution in [2.45, 2.75) is 27.7 Å². The minimum atomic E-state index is -1.37. The number of nitrogens with one attached hydrogen (secondary N) is 4. The van der Waals surface area contributed by atoms with Gasteiger partial charge in [-0.2, -0.15) is 0 Å². The number of amides is 4. The predicted octanol–water partition coefficient (Wildman–Crippen LogP) is -2.43. The molecule has 12 nitrogen and oxygen atoms in total. The van der Waals surface area contributed by atoms with Crippen LogP contribution in [0, 0.1) is 21.4 Å². The quantitative estimate of drug-likeness (QED) is 0.181. The van der Waals surface area contributed by atoms with Crippen molar-refractivity contribution >= 4 is 194 Å². The standard InChI is InChI=1S/2C11H9I3N2O4.2Na/c2*1-3(17)15-9-6(12)5(11(19)20)7(13)10(8(9)14)16-4(2)18;;/h2*1-2H3,(H,15,17)(H,16,18)(H,19,20);;/q;;2*+1/p-2. The number of anilines is 4. The van der Waals surface area contributed by atoms with E-state index in [-0.39, 0.29) is 93.9 Å². The van der Waals surface area contributed by atoms with Crippen molar-refractivity contribution in [3.05, 3.63) is 32.5 Å². The summed E-state index contributed by atoms with van der Waals surface area (Å²) in [5.41, 5.74) is 1.28. The summed E-state index contributed by atoms with van der Waals surface area (Å²) >= 11 is 11.2. The van der Waals surface area contributed by atoms with Gasteiger partial charge >= 0.3 is 59.1 Å². The molecule has 4 amide bonds. The third kappa shape index (κ3) is 12.7. The Morgan fingerprint density at radius 2 is 0.595 bits per heavy atom. The van der Waals surface area contributed by atoms with Crippen molar-refractivity contribution in [3.63, 3.8) is 0 Å². The average molecular weight is 1270 g/mol. The van der Waals surface area contributed by atoms with Gasteiger partial charge in [0, 0.05) is 53.1 Å². The number of hydrogen-bond donors (Lipinski definition) is 4. The fraction of sp³-hybridized carbons (Fsp3) is 0.182.